The Morgan fingerprint density at radius 2 is 1.91 bits per heavy atom. The summed E-state index contributed by atoms with van der Waals surface area (Å²) >= 11 is 0. The Morgan fingerprint density at radius 3 is 2.30 bits per heavy atom. The summed E-state index contributed by atoms with van der Waals surface area (Å²) in [6.07, 6.45) is 0.881. The van der Waals surface area contributed by atoms with E-state index in [0.717, 1.165) is 18.5 Å². The van der Waals surface area contributed by atoms with Gasteiger partial charge in [-0.25, -0.2) is 0 Å². The van der Waals surface area contributed by atoms with Crippen LogP contribution >= 0.6 is 0 Å². The molecule has 1 aromatic rings. The maximum absolute atomic E-state index is 11.2. The third kappa shape index (κ3) is 6.68. The Labute approximate surface area is 138 Å². The van der Waals surface area contributed by atoms with Gasteiger partial charge >= 0.3 is 5.97 Å². The molecule has 130 valence electrons. The van der Waals surface area contributed by atoms with E-state index in [1.54, 1.807) is 12.1 Å². The topological polar surface area (TPSA) is 92.7 Å². The van der Waals surface area contributed by atoms with Gasteiger partial charge in [0, 0.05) is 6.54 Å². The van der Waals surface area contributed by atoms with Crippen LogP contribution in [0.3, 0.4) is 0 Å². The average Bonchev–Trinajstić information content (AvgIpc) is 2.80. The van der Waals surface area contributed by atoms with Gasteiger partial charge in [0.2, 0.25) is 0 Å². The van der Waals surface area contributed by atoms with Crippen molar-refractivity contribution in [1.82, 2.24) is 5.32 Å². The summed E-state index contributed by atoms with van der Waals surface area (Å²) in [5.74, 6) is -0.108. The Balaban J connectivity index is 0.000000231. The van der Waals surface area contributed by atoms with E-state index in [0.29, 0.717) is 6.61 Å². The van der Waals surface area contributed by atoms with Gasteiger partial charge in [-0.2, -0.15) is 8.42 Å². The van der Waals surface area contributed by atoms with Crippen molar-refractivity contribution in [2.24, 2.45) is 5.41 Å². The van der Waals surface area contributed by atoms with Crippen molar-refractivity contribution in [3.63, 3.8) is 0 Å². The Kier molecular flexibility index (Phi) is 6.73. The molecule has 1 saturated heterocycles. The summed E-state index contributed by atoms with van der Waals surface area (Å²) in [7, 11) is -4.02. The number of hydrogen-bond donors (Lipinski definition) is 2. The van der Waals surface area contributed by atoms with Crippen molar-refractivity contribution in [3.05, 3.63) is 29.8 Å². The molecule has 1 fully saturated rings. The van der Waals surface area contributed by atoms with Crippen LogP contribution in [0, 0.1) is 12.3 Å². The fourth-order valence-electron chi connectivity index (χ4n) is 2.22. The predicted octanol–water partition coefficient (Wildman–Crippen LogP) is 2.18. The molecule has 0 aromatic heterocycles. The number of esters is 1. The van der Waals surface area contributed by atoms with Gasteiger partial charge in [-0.15, -0.1) is 0 Å². The second-order valence-electron chi connectivity index (χ2n) is 6.34. The predicted molar refractivity (Wildman–Crippen MR) is 87.8 cm³/mol. The normalized spacial score (nSPS) is 19.6. The number of aryl methyl sites for hydroxylation is 1. The molecule has 0 aliphatic carbocycles. The molecule has 2 rings (SSSR count). The second-order valence-corrected chi connectivity index (χ2v) is 7.76. The molecule has 0 radical (unpaired) electrons. The first-order chi connectivity index (χ1) is 10.5. The lowest BCUT2D eigenvalue weighted by Gasteiger charge is -2.14. The maximum atomic E-state index is 11.2. The third-order valence-electron chi connectivity index (χ3n) is 3.47. The van der Waals surface area contributed by atoms with Gasteiger partial charge in [-0.05, 0) is 37.8 Å². The molecular weight excluding hydrogens is 318 g/mol. The lowest BCUT2D eigenvalue weighted by Crippen LogP contribution is -2.32. The highest BCUT2D eigenvalue weighted by atomic mass is 32.2. The van der Waals surface area contributed by atoms with E-state index in [4.69, 9.17) is 9.29 Å². The number of rotatable bonds is 3. The molecule has 6 nitrogen and oxygen atoms in total. The minimum atomic E-state index is -4.02. The third-order valence-corrected chi connectivity index (χ3v) is 4.34. The molecular formula is C16H25NO5S. The number of carbonyl (C=O) groups excluding carboxylic acids is 1. The van der Waals surface area contributed by atoms with Gasteiger partial charge in [0.1, 0.15) is 6.04 Å². The first kappa shape index (κ1) is 19.6. The van der Waals surface area contributed by atoms with Crippen LogP contribution in [0.2, 0.25) is 0 Å². The highest BCUT2D eigenvalue weighted by Gasteiger charge is 2.35. The molecule has 0 amide bonds. The van der Waals surface area contributed by atoms with Crippen molar-refractivity contribution < 1.29 is 22.5 Å². The first-order valence-corrected chi connectivity index (χ1v) is 8.93. The Bertz CT molecular complexity index is 622. The van der Waals surface area contributed by atoms with Crippen LogP contribution in [0.25, 0.3) is 0 Å². The van der Waals surface area contributed by atoms with Crippen molar-refractivity contribution in [3.8, 4) is 0 Å². The lowest BCUT2D eigenvalue weighted by molar-refractivity contribution is -0.145. The minimum Gasteiger partial charge on any atom is -0.465 e. The molecule has 2 N–H and O–H groups in total. The summed E-state index contributed by atoms with van der Waals surface area (Å²) in [5, 5.41) is 3.16. The lowest BCUT2D eigenvalue weighted by atomic mass is 9.91. The molecule has 7 heteroatoms. The molecule has 1 aromatic carbocycles. The van der Waals surface area contributed by atoms with Gasteiger partial charge in [0.15, 0.2) is 0 Å². The second kappa shape index (κ2) is 7.90. The van der Waals surface area contributed by atoms with E-state index in [2.05, 4.69) is 19.2 Å². The van der Waals surface area contributed by atoms with Gasteiger partial charge < -0.3 is 10.1 Å². The molecule has 1 aliphatic heterocycles. The molecule has 1 unspecified atom stereocenters. The van der Waals surface area contributed by atoms with Gasteiger partial charge in [-0.3, -0.25) is 9.35 Å². The van der Waals surface area contributed by atoms with Crippen molar-refractivity contribution >= 4 is 16.1 Å². The molecule has 0 saturated carbocycles. The average molecular weight is 343 g/mol. The van der Waals surface area contributed by atoms with Crippen LogP contribution in [0.1, 0.15) is 32.8 Å². The molecule has 1 heterocycles. The van der Waals surface area contributed by atoms with Crippen molar-refractivity contribution in [2.45, 2.75) is 45.1 Å². The Morgan fingerprint density at radius 1 is 1.35 bits per heavy atom. The van der Waals surface area contributed by atoms with E-state index in [1.807, 2.05) is 13.8 Å². The number of ether oxygens (including phenoxy) is 1. The summed E-state index contributed by atoms with van der Waals surface area (Å²) in [5.41, 5.74) is 1.19. The SMILES string of the molecule is CCOC(=O)C1CC(C)(C)CN1.Cc1ccc(S(=O)(=O)O)cc1. The summed E-state index contributed by atoms with van der Waals surface area (Å²) in [6, 6.07) is 5.90. The molecule has 1 atom stereocenters. The Hall–Kier alpha value is -1.44. The smallest absolute Gasteiger partial charge is 0.323 e. The summed E-state index contributed by atoms with van der Waals surface area (Å²) < 4.78 is 34.5. The maximum Gasteiger partial charge on any atom is 0.323 e. The van der Waals surface area contributed by atoms with E-state index in [9.17, 15) is 13.2 Å². The highest BCUT2D eigenvalue weighted by molar-refractivity contribution is 7.85. The molecule has 23 heavy (non-hydrogen) atoms. The highest BCUT2D eigenvalue weighted by Crippen LogP contribution is 2.27. The minimum absolute atomic E-state index is 0.0666. The molecule has 0 bridgehead atoms. The number of hydrogen-bond acceptors (Lipinski definition) is 5. The number of benzene rings is 1. The van der Waals surface area contributed by atoms with Crippen LogP contribution in [0.4, 0.5) is 0 Å². The fourth-order valence-corrected chi connectivity index (χ4v) is 2.70. The molecule has 1 aliphatic rings. The van der Waals surface area contributed by atoms with Gasteiger partial charge in [0.25, 0.3) is 10.1 Å². The first-order valence-electron chi connectivity index (χ1n) is 7.49. The zero-order valence-corrected chi connectivity index (χ0v) is 14.8. The largest absolute Gasteiger partial charge is 0.465 e. The van der Waals surface area contributed by atoms with E-state index in [1.165, 1.54) is 12.1 Å². The summed E-state index contributed by atoms with van der Waals surface area (Å²) in [6.45, 7) is 9.35. The van der Waals surface area contributed by atoms with E-state index >= 15 is 0 Å². The van der Waals surface area contributed by atoms with Crippen LogP contribution in [-0.4, -0.2) is 38.1 Å². The van der Waals surface area contributed by atoms with Crippen LogP contribution < -0.4 is 5.32 Å². The quantitative estimate of drug-likeness (QED) is 0.645. The zero-order valence-electron chi connectivity index (χ0n) is 14.0. The fraction of sp³-hybridized carbons (Fsp3) is 0.562. The standard InChI is InChI=1S/C9H17NO2.C7H8O3S/c1-4-12-8(11)7-5-9(2,3)6-10-7;1-6-2-4-7(5-3-6)11(8,9)10/h7,10H,4-6H2,1-3H3;2-5H,1H3,(H,8,9,10). The van der Waals surface area contributed by atoms with Gasteiger partial charge in [0.05, 0.1) is 11.5 Å². The van der Waals surface area contributed by atoms with Gasteiger partial charge in [-0.1, -0.05) is 31.5 Å². The zero-order chi connectivity index (χ0) is 17.7. The van der Waals surface area contributed by atoms with Crippen LogP contribution in [0.5, 0.6) is 0 Å². The summed E-state index contributed by atoms with van der Waals surface area (Å²) in [4.78, 5) is 11.2. The van der Waals surface area contributed by atoms with E-state index in [-0.39, 0.29) is 22.3 Å². The van der Waals surface area contributed by atoms with Crippen LogP contribution in [0.15, 0.2) is 29.2 Å². The monoisotopic (exact) mass is 343 g/mol. The van der Waals surface area contributed by atoms with Crippen molar-refractivity contribution in [2.75, 3.05) is 13.2 Å². The number of carbonyl (C=O) groups is 1. The van der Waals surface area contributed by atoms with Crippen molar-refractivity contribution in [1.29, 1.82) is 0 Å². The van der Waals surface area contributed by atoms with E-state index < -0.39 is 10.1 Å². The van der Waals surface area contributed by atoms with Crippen LogP contribution in [-0.2, 0) is 19.6 Å². The number of nitrogens with one attached hydrogen (secondary N) is 1. The molecule has 0 spiro atoms.